The van der Waals surface area contributed by atoms with E-state index >= 15 is 0 Å². The molecule has 0 amide bonds. The second-order valence-corrected chi connectivity index (χ2v) is 5.99. The zero-order chi connectivity index (χ0) is 15.1. The van der Waals surface area contributed by atoms with Crippen molar-refractivity contribution in [2.24, 2.45) is 5.73 Å². The van der Waals surface area contributed by atoms with Crippen molar-refractivity contribution in [3.05, 3.63) is 24.3 Å². The number of nitrogens with zero attached hydrogens (tertiary/aromatic N) is 1. The standard InChI is InChI=1S/C17H29N3O/c1-14-12-20(13-15(2)21-14)17-8-6-16(7-9-17)19-11-5-3-4-10-18/h6-9,14-15,19H,3-5,10-13,18H2,1-2H3. The minimum Gasteiger partial charge on any atom is -0.385 e. The lowest BCUT2D eigenvalue weighted by molar-refractivity contribution is -0.00521. The van der Waals surface area contributed by atoms with E-state index in [0.29, 0.717) is 12.2 Å². The number of nitrogens with one attached hydrogen (secondary N) is 1. The summed E-state index contributed by atoms with van der Waals surface area (Å²) in [5.41, 5.74) is 7.97. The van der Waals surface area contributed by atoms with Crippen LogP contribution in [0.15, 0.2) is 24.3 Å². The highest BCUT2D eigenvalue weighted by Crippen LogP contribution is 2.22. The number of nitrogens with two attached hydrogens (primary N) is 1. The molecule has 1 saturated heterocycles. The first-order valence-electron chi connectivity index (χ1n) is 8.13. The first-order chi connectivity index (χ1) is 10.2. The molecule has 21 heavy (non-hydrogen) atoms. The van der Waals surface area contributed by atoms with Crippen LogP contribution in [0, 0.1) is 0 Å². The van der Waals surface area contributed by atoms with Crippen LogP contribution >= 0.6 is 0 Å². The summed E-state index contributed by atoms with van der Waals surface area (Å²) >= 11 is 0. The van der Waals surface area contributed by atoms with Crippen LogP contribution in [0.5, 0.6) is 0 Å². The van der Waals surface area contributed by atoms with Crippen molar-refractivity contribution >= 4 is 11.4 Å². The third-order valence-corrected chi connectivity index (χ3v) is 3.86. The molecule has 1 fully saturated rings. The van der Waals surface area contributed by atoms with Crippen molar-refractivity contribution < 1.29 is 4.74 Å². The quantitative estimate of drug-likeness (QED) is 0.759. The second-order valence-electron chi connectivity index (χ2n) is 5.99. The van der Waals surface area contributed by atoms with Crippen LogP contribution in [0.1, 0.15) is 33.1 Å². The fourth-order valence-electron chi connectivity index (χ4n) is 2.86. The van der Waals surface area contributed by atoms with Gasteiger partial charge in [-0.25, -0.2) is 0 Å². The Labute approximate surface area is 128 Å². The summed E-state index contributed by atoms with van der Waals surface area (Å²) in [5, 5.41) is 3.47. The first kappa shape index (κ1) is 16.1. The van der Waals surface area contributed by atoms with Gasteiger partial charge in [0.1, 0.15) is 0 Å². The summed E-state index contributed by atoms with van der Waals surface area (Å²) in [4.78, 5) is 2.41. The third-order valence-electron chi connectivity index (χ3n) is 3.86. The molecule has 118 valence electrons. The van der Waals surface area contributed by atoms with E-state index < -0.39 is 0 Å². The number of ether oxygens (including phenoxy) is 1. The molecule has 0 aromatic heterocycles. The summed E-state index contributed by atoms with van der Waals surface area (Å²) in [6.07, 6.45) is 4.10. The molecular weight excluding hydrogens is 262 g/mol. The van der Waals surface area contributed by atoms with Crippen LogP contribution in [0.2, 0.25) is 0 Å². The maximum atomic E-state index is 5.78. The van der Waals surface area contributed by atoms with Crippen LogP contribution in [0.3, 0.4) is 0 Å². The zero-order valence-electron chi connectivity index (χ0n) is 13.3. The lowest BCUT2D eigenvalue weighted by Gasteiger charge is -2.36. The average molecular weight is 291 g/mol. The number of rotatable bonds is 7. The number of hydrogen-bond donors (Lipinski definition) is 2. The van der Waals surface area contributed by atoms with Gasteiger partial charge in [0.15, 0.2) is 0 Å². The number of unbranched alkanes of at least 4 members (excludes halogenated alkanes) is 2. The van der Waals surface area contributed by atoms with Gasteiger partial charge in [0.05, 0.1) is 12.2 Å². The highest BCUT2D eigenvalue weighted by atomic mass is 16.5. The van der Waals surface area contributed by atoms with Crippen molar-refractivity contribution in [2.75, 3.05) is 36.4 Å². The van der Waals surface area contributed by atoms with Crippen LogP contribution in [0.25, 0.3) is 0 Å². The predicted molar refractivity (Wildman–Crippen MR) is 90.1 cm³/mol. The van der Waals surface area contributed by atoms with Crippen molar-refractivity contribution in [3.8, 4) is 0 Å². The van der Waals surface area contributed by atoms with Crippen molar-refractivity contribution in [1.29, 1.82) is 0 Å². The monoisotopic (exact) mass is 291 g/mol. The zero-order valence-corrected chi connectivity index (χ0v) is 13.3. The van der Waals surface area contributed by atoms with Crippen LogP contribution in [-0.4, -0.2) is 38.4 Å². The molecule has 1 aromatic rings. The lowest BCUT2D eigenvalue weighted by atomic mass is 10.2. The molecule has 2 unspecified atom stereocenters. The Hall–Kier alpha value is -1.26. The van der Waals surface area contributed by atoms with Gasteiger partial charge in [0.2, 0.25) is 0 Å². The smallest absolute Gasteiger partial charge is 0.0726 e. The van der Waals surface area contributed by atoms with Gasteiger partial charge in [0.25, 0.3) is 0 Å². The Morgan fingerprint density at radius 3 is 2.38 bits per heavy atom. The fourth-order valence-corrected chi connectivity index (χ4v) is 2.86. The molecule has 0 saturated carbocycles. The number of morpholine rings is 1. The topological polar surface area (TPSA) is 50.5 Å². The molecule has 1 aliphatic heterocycles. The van der Waals surface area contributed by atoms with Gasteiger partial charge in [-0.05, 0) is 57.5 Å². The van der Waals surface area contributed by atoms with E-state index in [1.54, 1.807) is 0 Å². The normalized spacial score (nSPS) is 22.3. The molecule has 3 N–H and O–H groups in total. The van der Waals surface area contributed by atoms with Gasteiger partial charge in [-0.15, -0.1) is 0 Å². The van der Waals surface area contributed by atoms with E-state index in [0.717, 1.165) is 32.6 Å². The van der Waals surface area contributed by atoms with Crippen molar-refractivity contribution in [1.82, 2.24) is 0 Å². The van der Waals surface area contributed by atoms with E-state index in [-0.39, 0.29) is 0 Å². The molecule has 0 aliphatic carbocycles. The predicted octanol–water partition coefficient (Wildman–Crippen LogP) is 2.84. The number of anilines is 2. The lowest BCUT2D eigenvalue weighted by Crippen LogP contribution is -2.45. The minimum absolute atomic E-state index is 0.300. The third kappa shape index (κ3) is 5.21. The Bertz CT molecular complexity index is 397. The van der Waals surface area contributed by atoms with E-state index in [4.69, 9.17) is 10.5 Å². The molecule has 4 nitrogen and oxygen atoms in total. The minimum atomic E-state index is 0.300. The van der Waals surface area contributed by atoms with E-state index in [1.165, 1.54) is 24.2 Å². The van der Waals surface area contributed by atoms with E-state index in [2.05, 4.69) is 48.3 Å². The van der Waals surface area contributed by atoms with E-state index in [9.17, 15) is 0 Å². The Kier molecular flexibility index (Phi) is 6.33. The molecule has 2 atom stereocenters. The van der Waals surface area contributed by atoms with Gasteiger partial charge < -0.3 is 20.7 Å². The maximum Gasteiger partial charge on any atom is 0.0726 e. The average Bonchev–Trinajstić information content (AvgIpc) is 2.47. The molecule has 0 radical (unpaired) electrons. The molecular formula is C17H29N3O. The molecule has 2 rings (SSSR count). The Morgan fingerprint density at radius 1 is 1.10 bits per heavy atom. The number of hydrogen-bond acceptors (Lipinski definition) is 4. The molecule has 1 aliphatic rings. The first-order valence-corrected chi connectivity index (χ1v) is 8.13. The highest BCUT2D eigenvalue weighted by molar-refractivity contribution is 5.55. The molecule has 1 aromatic carbocycles. The molecule has 0 bridgehead atoms. The Balaban J connectivity index is 1.81. The summed E-state index contributed by atoms with van der Waals surface area (Å²) in [5.74, 6) is 0. The highest BCUT2D eigenvalue weighted by Gasteiger charge is 2.22. The molecule has 1 heterocycles. The molecule has 0 spiro atoms. The molecule has 4 heteroatoms. The van der Waals surface area contributed by atoms with E-state index in [1.807, 2.05) is 0 Å². The summed E-state index contributed by atoms with van der Waals surface area (Å²) in [6.45, 7) is 8.03. The maximum absolute atomic E-state index is 5.78. The SMILES string of the molecule is CC1CN(c2ccc(NCCCCCN)cc2)CC(C)O1. The van der Waals surface area contributed by atoms with Crippen molar-refractivity contribution in [3.63, 3.8) is 0 Å². The Morgan fingerprint density at radius 2 is 1.76 bits per heavy atom. The van der Waals surface area contributed by atoms with Crippen LogP contribution in [-0.2, 0) is 4.74 Å². The van der Waals surface area contributed by atoms with Gasteiger partial charge in [-0.1, -0.05) is 6.42 Å². The van der Waals surface area contributed by atoms with Crippen molar-refractivity contribution in [2.45, 2.75) is 45.3 Å². The summed E-state index contributed by atoms with van der Waals surface area (Å²) in [7, 11) is 0. The second kappa shape index (κ2) is 8.25. The number of benzene rings is 1. The van der Waals surface area contributed by atoms with Gasteiger partial charge in [-0.3, -0.25) is 0 Å². The van der Waals surface area contributed by atoms with Crippen LogP contribution in [0.4, 0.5) is 11.4 Å². The fraction of sp³-hybridized carbons (Fsp3) is 0.647. The van der Waals surface area contributed by atoms with Gasteiger partial charge >= 0.3 is 0 Å². The largest absolute Gasteiger partial charge is 0.385 e. The van der Waals surface area contributed by atoms with Crippen LogP contribution < -0.4 is 16.0 Å². The summed E-state index contributed by atoms with van der Waals surface area (Å²) < 4.78 is 5.78. The van der Waals surface area contributed by atoms with Gasteiger partial charge in [-0.2, -0.15) is 0 Å². The van der Waals surface area contributed by atoms with Gasteiger partial charge in [0, 0.05) is 31.0 Å². The summed E-state index contributed by atoms with van der Waals surface area (Å²) in [6, 6.07) is 8.74.